The number of primary amides is 1. The van der Waals surface area contributed by atoms with Crippen LogP contribution in [0.2, 0.25) is 0 Å². The third kappa shape index (κ3) is 16.1. The number of methoxy groups -OCH3 is 1. The number of ether oxygens (including phenoxy) is 1. The highest BCUT2D eigenvalue weighted by molar-refractivity contribution is 5.96. The van der Waals surface area contributed by atoms with Crippen molar-refractivity contribution in [1.29, 1.82) is 0 Å². The number of rotatable bonds is 25. The number of hydrogen-bond donors (Lipinski definition) is 10. The van der Waals surface area contributed by atoms with Crippen LogP contribution in [0.5, 0.6) is 5.75 Å². The van der Waals surface area contributed by atoms with Crippen LogP contribution in [0.15, 0.2) is 90.1 Å². The lowest BCUT2D eigenvalue weighted by Gasteiger charge is -2.26. The average Bonchev–Trinajstić information content (AvgIpc) is 3.67. The first kappa shape index (κ1) is 48.7. The van der Waals surface area contributed by atoms with E-state index in [0.717, 1.165) is 27.6 Å². The number of nitrogens with zero attached hydrogens (tertiary/aromatic N) is 1. The Hall–Kier alpha value is -6.95. The summed E-state index contributed by atoms with van der Waals surface area (Å²) < 4.78 is 5.20. The number of carbonyl (C=O) groups is 6. The van der Waals surface area contributed by atoms with E-state index in [1.807, 2.05) is 80.6 Å². The molecule has 4 rings (SSSR count). The van der Waals surface area contributed by atoms with Crippen molar-refractivity contribution in [2.75, 3.05) is 20.2 Å². The summed E-state index contributed by atoms with van der Waals surface area (Å²) in [6, 6.07) is 18.5. The molecule has 1 heterocycles. The summed E-state index contributed by atoms with van der Waals surface area (Å²) in [5, 5.41) is 14.3. The van der Waals surface area contributed by atoms with Crippen molar-refractivity contribution >= 4 is 52.3 Å². The summed E-state index contributed by atoms with van der Waals surface area (Å²) in [7, 11) is 1.58. The summed E-state index contributed by atoms with van der Waals surface area (Å²) in [6.07, 6.45) is 3.31. The van der Waals surface area contributed by atoms with Crippen molar-refractivity contribution in [2.24, 2.45) is 33.8 Å². The van der Waals surface area contributed by atoms with Crippen LogP contribution >= 0.6 is 0 Å². The van der Waals surface area contributed by atoms with Crippen molar-refractivity contribution in [3.63, 3.8) is 0 Å². The molecule has 6 amide bonds. The fourth-order valence-corrected chi connectivity index (χ4v) is 6.88. The summed E-state index contributed by atoms with van der Waals surface area (Å²) in [6.45, 7) is 3.34. The first-order valence-corrected chi connectivity index (χ1v) is 20.9. The maximum Gasteiger partial charge on any atom is 0.243 e. The second-order valence-corrected chi connectivity index (χ2v) is 15.7. The number of carbonyl (C=O) groups excluding carboxylic acids is 6. The number of aromatic nitrogens is 1. The zero-order valence-corrected chi connectivity index (χ0v) is 36.0. The van der Waals surface area contributed by atoms with Gasteiger partial charge in [-0.25, -0.2) is 0 Å². The molecule has 3 aromatic carbocycles. The normalized spacial score (nSPS) is 13.4. The Balaban J connectivity index is 1.41. The topological polar surface area (TPSA) is 304 Å². The highest BCUT2D eigenvalue weighted by atomic mass is 16.5. The molecule has 0 radical (unpaired) electrons. The number of H-pyrrole nitrogens is 1. The molecule has 4 aromatic rings. The van der Waals surface area contributed by atoms with Crippen LogP contribution in [0.3, 0.4) is 0 Å². The van der Waals surface area contributed by atoms with Gasteiger partial charge in [0.25, 0.3) is 0 Å². The number of fused-ring (bicyclic) bond motifs is 1. The number of nitrogens with one attached hydrogen (secondary N) is 6. The van der Waals surface area contributed by atoms with Gasteiger partial charge in [0.15, 0.2) is 5.96 Å². The minimum Gasteiger partial charge on any atom is -0.497 e. The van der Waals surface area contributed by atoms with Gasteiger partial charge in [0.1, 0.15) is 29.9 Å². The maximum absolute atomic E-state index is 13.9. The predicted molar refractivity (Wildman–Crippen MR) is 241 cm³/mol. The monoisotopic (exact) mass is 867 g/mol. The lowest BCUT2D eigenvalue weighted by atomic mass is 10.0. The van der Waals surface area contributed by atoms with Crippen molar-refractivity contribution in [3.05, 3.63) is 102 Å². The standard InChI is InChI=1S/C45H61N11O7/c1-27(2)22-37(44(62)54-35(14-9-21-50-45(48)49)43(61)55-36(40(47)58)24-30-25-51-34-13-8-7-12-32(30)34)53-39(57)26-52-42(60)38(23-29-10-5-4-6-11-29)56-41(59)33(46)20-17-28-15-18-31(63-3)19-16-28/h4-8,10-13,15-16,18-19,25,27,33,35-38,51H,9,14,17,20-24,26,46H2,1-3H3,(H2,47,58)(H,52,60)(H,53,57)(H,54,62)(H,55,61)(H,56,59)(H4,48,49,50)/t33-,35-,36-,37-,38-/m0/s1. The molecular weight excluding hydrogens is 807 g/mol. The van der Waals surface area contributed by atoms with Crippen LogP contribution in [0.4, 0.5) is 0 Å². The van der Waals surface area contributed by atoms with E-state index in [4.69, 9.17) is 27.7 Å². The van der Waals surface area contributed by atoms with E-state index < -0.39 is 72.2 Å². The molecule has 0 saturated heterocycles. The Morgan fingerprint density at radius 3 is 2.02 bits per heavy atom. The Kier molecular flexibility index (Phi) is 18.9. The molecule has 0 fully saturated rings. The summed E-state index contributed by atoms with van der Waals surface area (Å²) in [5.41, 5.74) is 26.3. The molecule has 338 valence electrons. The van der Waals surface area contributed by atoms with Crippen LogP contribution < -0.4 is 54.3 Å². The third-order valence-corrected chi connectivity index (χ3v) is 10.3. The molecule has 63 heavy (non-hydrogen) atoms. The molecule has 0 aliphatic heterocycles. The molecule has 5 atom stereocenters. The Labute approximate surface area is 367 Å². The van der Waals surface area contributed by atoms with E-state index in [-0.39, 0.29) is 50.5 Å². The van der Waals surface area contributed by atoms with E-state index in [0.29, 0.717) is 18.6 Å². The fourth-order valence-electron chi connectivity index (χ4n) is 6.88. The fraction of sp³-hybridized carbons (Fsp3) is 0.400. The number of aromatic amines is 1. The van der Waals surface area contributed by atoms with Gasteiger partial charge in [0.05, 0.1) is 19.7 Å². The van der Waals surface area contributed by atoms with Crippen LogP contribution in [-0.2, 0) is 48.0 Å². The quantitative estimate of drug-likeness (QED) is 0.0251. The SMILES string of the molecule is COc1ccc(CC[C@H](N)C(=O)N[C@@H](Cc2ccccc2)C(=O)NCC(=O)N[C@@H](CC(C)C)C(=O)N[C@@H](CCCN=C(N)N)C(=O)N[C@@H](Cc2c[nH]c3ccccc23)C(N)=O)cc1. The lowest BCUT2D eigenvalue weighted by Crippen LogP contribution is -2.58. The van der Waals surface area contributed by atoms with Gasteiger partial charge in [-0.1, -0.05) is 74.5 Å². The Morgan fingerprint density at radius 2 is 1.35 bits per heavy atom. The molecule has 0 spiro atoms. The number of aliphatic imine (C=N–C) groups is 1. The molecule has 0 unspecified atom stereocenters. The van der Waals surface area contributed by atoms with Gasteiger partial charge in [-0.05, 0) is 72.9 Å². The van der Waals surface area contributed by atoms with Gasteiger partial charge < -0.3 is 59.2 Å². The molecular formula is C45H61N11O7. The number of benzene rings is 3. The summed E-state index contributed by atoms with van der Waals surface area (Å²) in [5.74, 6) is -3.49. The maximum atomic E-state index is 13.9. The first-order valence-electron chi connectivity index (χ1n) is 20.9. The zero-order chi connectivity index (χ0) is 45.9. The number of nitrogens with two attached hydrogens (primary N) is 4. The van der Waals surface area contributed by atoms with E-state index in [9.17, 15) is 28.8 Å². The second-order valence-electron chi connectivity index (χ2n) is 15.7. The third-order valence-electron chi connectivity index (χ3n) is 10.3. The van der Waals surface area contributed by atoms with Gasteiger partial charge in [-0.15, -0.1) is 0 Å². The molecule has 1 aromatic heterocycles. The van der Waals surface area contributed by atoms with Crippen molar-refractivity contribution in [2.45, 2.75) is 89.0 Å². The minimum absolute atomic E-state index is 0.0744. The molecule has 0 saturated carbocycles. The molecule has 0 aliphatic carbocycles. The van der Waals surface area contributed by atoms with Crippen molar-refractivity contribution in [1.82, 2.24) is 31.6 Å². The average molecular weight is 868 g/mol. The Bertz CT molecular complexity index is 2170. The molecule has 18 nitrogen and oxygen atoms in total. The lowest BCUT2D eigenvalue weighted by molar-refractivity contribution is -0.134. The molecule has 18 heteroatoms. The minimum atomic E-state index is -1.17. The highest BCUT2D eigenvalue weighted by Crippen LogP contribution is 2.19. The number of hydrogen-bond acceptors (Lipinski definition) is 9. The van der Waals surface area contributed by atoms with Crippen molar-refractivity contribution in [3.8, 4) is 5.75 Å². The number of aryl methyl sites for hydroxylation is 1. The van der Waals surface area contributed by atoms with Crippen LogP contribution in [0.1, 0.15) is 56.2 Å². The van der Waals surface area contributed by atoms with Gasteiger partial charge in [-0.2, -0.15) is 0 Å². The first-order chi connectivity index (χ1) is 30.1. The summed E-state index contributed by atoms with van der Waals surface area (Å²) in [4.78, 5) is 87.6. The van der Waals surface area contributed by atoms with Gasteiger partial charge in [0, 0.05) is 36.5 Å². The van der Waals surface area contributed by atoms with Gasteiger partial charge >= 0.3 is 0 Å². The smallest absolute Gasteiger partial charge is 0.243 e. The Morgan fingerprint density at radius 1 is 0.698 bits per heavy atom. The van der Waals surface area contributed by atoms with E-state index in [1.54, 1.807) is 25.4 Å². The van der Waals surface area contributed by atoms with E-state index in [2.05, 4.69) is 36.6 Å². The van der Waals surface area contributed by atoms with E-state index in [1.165, 1.54) is 0 Å². The van der Waals surface area contributed by atoms with Crippen LogP contribution in [-0.4, -0.2) is 96.8 Å². The van der Waals surface area contributed by atoms with Crippen LogP contribution in [0.25, 0.3) is 10.9 Å². The number of para-hydroxylation sites is 1. The van der Waals surface area contributed by atoms with Gasteiger partial charge in [-0.3, -0.25) is 33.8 Å². The second kappa shape index (κ2) is 24.5. The molecule has 0 bridgehead atoms. The highest BCUT2D eigenvalue weighted by Gasteiger charge is 2.31. The van der Waals surface area contributed by atoms with E-state index >= 15 is 0 Å². The van der Waals surface area contributed by atoms with Crippen molar-refractivity contribution < 1.29 is 33.5 Å². The number of amides is 6. The molecule has 0 aliphatic rings. The molecule has 14 N–H and O–H groups in total. The van der Waals surface area contributed by atoms with Crippen LogP contribution in [0, 0.1) is 5.92 Å². The number of guanidine groups is 1. The zero-order valence-electron chi connectivity index (χ0n) is 36.0. The predicted octanol–water partition coefficient (Wildman–Crippen LogP) is 0.562. The van der Waals surface area contributed by atoms with Gasteiger partial charge in [0.2, 0.25) is 35.4 Å². The summed E-state index contributed by atoms with van der Waals surface area (Å²) >= 11 is 0. The largest absolute Gasteiger partial charge is 0.497 e.